The van der Waals surface area contributed by atoms with E-state index in [-0.39, 0.29) is 0 Å². The standard InChI is InChI=1S/C9H14O3/c1-2-12-8-6-4-3-5-7(8)9(10)11/h2-6H2,1H3,(H,10,11). The summed E-state index contributed by atoms with van der Waals surface area (Å²) in [6.45, 7) is 2.44. The van der Waals surface area contributed by atoms with Gasteiger partial charge in [0, 0.05) is 6.42 Å². The molecule has 0 saturated carbocycles. The molecule has 1 aliphatic rings. The number of carbonyl (C=O) groups is 1. The molecule has 3 nitrogen and oxygen atoms in total. The summed E-state index contributed by atoms with van der Waals surface area (Å²) >= 11 is 0. The Morgan fingerprint density at radius 3 is 2.75 bits per heavy atom. The lowest BCUT2D eigenvalue weighted by Gasteiger charge is -2.17. The zero-order chi connectivity index (χ0) is 8.97. The fourth-order valence-corrected chi connectivity index (χ4v) is 1.44. The summed E-state index contributed by atoms with van der Waals surface area (Å²) in [5, 5.41) is 8.80. The van der Waals surface area contributed by atoms with Gasteiger partial charge in [0.2, 0.25) is 0 Å². The minimum Gasteiger partial charge on any atom is -0.498 e. The first-order valence-corrected chi connectivity index (χ1v) is 4.33. The molecule has 0 aromatic carbocycles. The fraction of sp³-hybridized carbons (Fsp3) is 0.667. The predicted molar refractivity (Wildman–Crippen MR) is 44.8 cm³/mol. The van der Waals surface area contributed by atoms with Crippen LogP contribution in [0.4, 0.5) is 0 Å². The van der Waals surface area contributed by atoms with Crippen LogP contribution in [0.15, 0.2) is 11.3 Å². The normalized spacial score (nSPS) is 17.8. The van der Waals surface area contributed by atoms with E-state index in [2.05, 4.69) is 0 Å². The van der Waals surface area contributed by atoms with Gasteiger partial charge in [0.25, 0.3) is 0 Å². The number of rotatable bonds is 3. The van der Waals surface area contributed by atoms with Gasteiger partial charge in [-0.15, -0.1) is 0 Å². The molecule has 0 aromatic heterocycles. The first-order valence-electron chi connectivity index (χ1n) is 4.33. The van der Waals surface area contributed by atoms with Crippen LogP contribution >= 0.6 is 0 Å². The average molecular weight is 170 g/mol. The largest absolute Gasteiger partial charge is 0.498 e. The molecule has 1 N–H and O–H groups in total. The second kappa shape index (κ2) is 4.14. The molecule has 12 heavy (non-hydrogen) atoms. The maximum atomic E-state index is 10.7. The third-order valence-corrected chi connectivity index (χ3v) is 1.99. The summed E-state index contributed by atoms with van der Waals surface area (Å²) in [6.07, 6.45) is 3.46. The van der Waals surface area contributed by atoms with Crippen LogP contribution in [-0.2, 0) is 9.53 Å². The van der Waals surface area contributed by atoms with Gasteiger partial charge in [0.05, 0.1) is 12.2 Å². The van der Waals surface area contributed by atoms with E-state index < -0.39 is 5.97 Å². The summed E-state index contributed by atoms with van der Waals surface area (Å²) in [5.74, 6) is -0.130. The van der Waals surface area contributed by atoms with Gasteiger partial charge < -0.3 is 9.84 Å². The Morgan fingerprint density at radius 2 is 2.17 bits per heavy atom. The second-order valence-electron chi connectivity index (χ2n) is 2.85. The van der Waals surface area contributed by atoms with Crippen molar-refractivity contribution in [2.75, 3.05) is 6.61 Å². The van der Waals surface area contributed by atoms with Crippen molar-refractivity contribution in [3.8, 4) is 0 Å². The highest BCUT2D eigenvalue weighted by Gasteiger charge is 2.18. The minimum absolute atomic E-state index is 0.475. The van der Waals surface area contributed by atoms with Crippen molar-refractivity contribution in [1.82, 2.24) is 0 Å². The van der Waals surface area contributed by atoms with Crippen LogP contribution in [0.25, 0.3) is 0 Å². The van der Waals surface area contributed by atoms with Crippen LogP contribution in [0.2, 0.25) is 0 Å². The van der Waals surface area contributed by atoms with Gasteiger partial charge in [-0.05, 0) is 26.2 Å². The lowest BCUT2D eigenvalue weighted by atomic mass is 9.98. The molecule has 1 rings (SSSR count). The molecule has 0 aliphatic heterocycles. The monoisotopic (exact) mass is 170 g/mol. The number of ether oxygens (including phenoxy) is 1. The number of carboxylic acids is 1. The highest BCUT2D eigenvalue weighted by atomic mass is 16.5. The molecule has 68 valence electrons. The average Bonchev–Trinajstić information content (AvgIpc) is 2.05. The van der Waals surface area contributed by atoms with E-state index in [1.165, 1.54) is 0 Å². The van der Waals surface area contributed by atoms with Gasteiger partial charge >= 0.3 is 5.97 Å². The molecule has 0 spiro atoms. The van der Waals surface area contributed by atoms with Crippen LogP contribution < -0.4 is 0 Å². The SMILES string of the molecule is CCOC1=C(C(=O)O)CCCC1. The van der Waals surface area contributed by atoms with Gasteiger partial charge in [0.1, 0.15) is 5.76 Å². The molecular formula is C9H14O3. The summed E-state index contributed by atoms with van der Waals surface area (Å²) in [4.78, 5) is 10.7. The first kappa shape index (κ1) is 9.10. The van der Waals surface area contributed by atoms with E-state index in [0.29, 0.717) is 24.4 Å². The maximum Gasteiger partial charge on any atom is 0.334 e. The lowest BCUT2D eigenvalue weighted by molar-refractivity contribution is -0.133. The summed E-state index contributed by atoms with van der Waals surface area (Å²) in [6, 6.07) is 0. The molecule has 0 bridgehead atoms. The third-order valence-electron chi connectivity index (χ3n) is 1.99. The highest BCUT2D eigenvalue weighted by molar-refractivity contribution is 5.87. The van der Waals surface area contributed by atoms with Crippen LogP contribution in [0.1, 0.15) is 32.6 Å². The van der Waals surface area contributed by atoms with Gasteiger partial charge in [-0.2, -0.15) is 0 Å². The number of aliphatic carboxylic acids is 1. The maximum absolute atomic E-state index is 10.7. The van der Waals surface area contributed by atoms with E-state index in [1.807, 2.05) is 6.92 Å². The number of allylic oxidation sites excluding steroid dienone is 1. The summed E-state index contributed by atoms with van der Waals surface area (Å²) < 4.78 is 5.26. The van der Waals surface area contributed by atoms with Crippen LogP contribution in [0.3, 0.4) is 0 Å². The Balaban J connectivity index is 2.75. The van der Waals surface area contributed by atoms with Crippen molar-refractivity contribution >= 4 is 5.97 Å². The van der Waals surface area contributed by atoms with Crippen molar-refractivity contribution < 1.29 is 14.6 Å². The topological polar surface area (TPSA) is 46.5 Å². The van der Waals surface area contributed by atoms with E-state index in [1.54, 1.807) is 0 Å². The molecule has 0 unspecified atom stereocenters. The molecule has 0 fully saturated rings. The lowest BCUT2D eigenvalue weighted by Crippen LogP contribution is -2.11. The second-order valence-corrected chi connectivity index (χ2v) is 2.85. The molecule has 0 radical (unpaired) electrons. The minimum atomic E-state index is -0.821. The number of hydrogen-bond acceptors (Lipinski definition) is 2. The van der Waals surface area contributed by atoms with Crippen molar-refractivity contribution in [2.24, 2.45) is 0 Å². The van der Waals surface area contributed by atoms with Gasteiger partial charge in [0.15, 0.2) is 0 Å². The number of hydrogen-bond donors (Lipinski definition) is 1. The van der Waals surface area contributed by atoms with Crippen LogP contribution in [-0.4, -0.2) is 17.7 Å². The molecular weight excluding hydrogens is 156 g/mol. The zero-order valence-electron chi connectivity index (χ0n) is 7.30. The molecule has 1 aliphatic carbocycles. The van der Waals surface area contributed by atoms with Crippen molar-refractivity contribution in [2.45, 2.75) is 32.6 Å². The molecule has 0 amide bonds. The smallest absolute Gasteiger partial charge is 0.334 e. The van der Waals surface area contributed by atoms with Crippen LogP contribution in [0.5, 0.6) is 0 Å². The first-order chi connectivity index (χ1) is 5.75. The van der Waals surface area contributed by atoms with Gasteiger partial charge in [-0.1, -0.05) is 0 Å². The molecule has 0 heterocycles. The Labute approximate surface area is 72.0 Å². The van der Waals surface area contributed by atoms with E-state index >= 15 is 0 Å². The Kier molecular flexibility index (Phi) is 3.14. The van der Waals surface area contributed by atoms with Crippen molar-refractivity contribution in [3.63, 3.8) is 0 Å². The number of carboxylic acid groups (broad SMARTS) is 1. The predicted octanol–water partition coefficient (Wildman–Crippen LogP) is 1.94. The Hall–Kier alpha value is -0.990. The highest BCUT2D eigenvalue weighted by Crippen LogP contribution is 2.25. The van der Waals surface area contributed by atoms with Crippen molar-refractivity contribution in [1.29, 1.82) is 0 Å². The third kappa shape index (κ3) is 2.00. The molecule has 0 saturated heterocycles. The molecule has 0 aromatic rings. The zero-order valence-corrected chi connectivity index (χ0v) is 7.30. The van der Waals surface area contributed by atoms with Gasteiger partial charge in [-0.25, -0.2) is 4.79 Å². The Morgan fingerprint density at radius 1 is 1.50 bits per heavy atom. The van der Waals surface area contributed by atoms with Crippen molar-refractivity contribution in [3.05, 3.63) is 11.3 Å². The molecule has 0 atom stereocenters. The van der Waals surface area contributed by atoms with E-state index in [0.717, 1.165) is 19.3 Å². The quantitative estimate of drug-likeness (QED) is 0.704. The Bertz CT molecular complexity index is 206. The summed E-state index contributed by atoms with van der Waals surface area (Å²) in [5.41, 5.74) is 0.475. The molecule has 3 heteroatoms. The summed E-state index contributed by atoms with van der Waals surface area (Å²) in [7, 11) is 0. The fourth-order valence-electron chi connectivity index (χ4n) is 1.44. The van der Waals surface area contributed by atoms with E-state index in [4.69, 9.17) is 9.84 Å². The van der Waals surface area contributed by atoms with Gasteiger partial charge in [-0.3, -0.25) is 0 Å². The van der Waals surface area contributed by atoms with Crippen LogP contribution in [0, 0.1) is 0 Å². The van der Waals surface area contributed by atoms with E-state index in [9.17, 15) is 4.79 Å².